The molecule has 2 aromatic rings. The fourth-order valence-corrected chi connectivity index (χ4v) is 6.21. The number of piperidine rings is 2. The lowest BCUT2D eigenvalue weighted by molar-refractivity contribution is -0.0792. The molecule has 1 amide bonds. The predicted octanol–water partition coefficient (Wildman–Crippen LogP) is 3.03. The molecule has 0 aliphatic carbocycles. The molecular weight excluding hydrogens is 398 g/mol. The first kappa shape index (κ1) is 19.8. The van der Waals surface area contributed by atoms with E-state index in [1.54, 1.807) is 23.6 Å². The number of ether oxygens (including phenoxy) is 1. The van der Waals surface area contributed by atoms with Crippen molar-refractivity contribution in [2.24, 2.45) is 5.92 Å². The van der Waals surface area contributed by atoms with Crippen LogP contribution in [0.1, 0.15) is 56.3 Å². The minimum absolute atomic E-state index is 0.0423. The molecule has 2 fully saturated rings. The summed E-state index contributed by atoms with van der Waals surface area (Å²) in [7, 11) is 0. The number of nitrogens with zero attached hydrogens (tertiary/aromatic N) is 2. The van der Waals surface area contributed by atoms with Gasteiger partial charge in [0, 0.05) is 36.5 Å². The zero-order valence-corrected chi connectivity index (χ0v) is 17.9. The number of carbonyl (C=O) groups is 2. The quantitative estimate of drug-likeness (QED) is 0.766. The summed E-state index contributed by atoms with van der Waals surface area (Å²) >= 11 is 1.62. The van der Waals surface area contributed by atoms with Crippen LogP contribution in [0.5, 0.6) is 0 Å². The number of ketones is 1. The van der Waals surface area contributed by atoms with E-state index >= 15 is 0 Å². The van der Waals surface area contributed by atoms with Crippen LogP contribution in [0.15, 0.2) is 30.5 Å². The molecule has 0 saturated carbocycles. The van der Waals surface area contributed by atoms with Gasteiger partial charge in [-0.05, 0) is 62.5 Å². The van der Waals surface area contributed by atoms with Gasteiger partial charge >= 0.3 is 0 Å². The van der Waals surface area contributed by atoms with E-state index in [1.807, 2.05) is 17.0 Å². The van der Waals surface area contributed by atoms with Gasteiger partial charge < -0.3 is 15.0 Å². The van der Waals surface area contributed by atoms with Crippen LogP contribution in [-0.4, -0.2) is 54.4 Å². The number of hydrogen-bond acceptors (Lipinski definition) is 6. The third kappa shape index (κ3) is 3.59. The molecule has 7 heteroatoms. The second kappa shape index (κ2) is 8.21. The standard InChI is InChI=1S/C23H27N3O3S/c27-21(18-5-1-2-9-25-18)16-4-3-12-26(15-16)22(28)20-14-17-19(30-20)6-13-29-23(17)7-10-24-11-8-23/h1-2,5,9,14,16,24H,3-4,6-8,10-13,15H2. The van der Waals surface area contributed by atoms with E-state index in [-0.39, 0.29) is 23.2 Å². The van der Waals surface area contributed by atoms with E-state index in [4.69, 9.17) is 4.74 Å². The predicted molar refractivity (Wildman–Crippen MR) is 115 cm³/mol. The third-order valence-electron chi connectivity index (χ3n) is 6.63. The van der Waals surface area contributed by atoms with Crippen LogP contribution in [0, 0.1) is 5.92 Å². The molecule has 1 N–H and O–H groups in total. The van der Waals surface area contributed by atoms with Crippen LogP contribution in [0.4, 0.5) is 0 Å². The first-order valence-corrected chi connectivity index (χ1v) is 11.7. The number of hydrogen-bond donors (Lipinski definition) is 1. The molecule has 6 nitrogen and oxygen atoms in total. The molecule has 1 unspecified atom stereocenters. The Kier molecular flexibility index (Phi) is 5.43. The van der Waals surface area contributed by atoms with E-state index in [2.05, 4.69) is 16.4 Å². The second-order valence-electron chi connectivity index (χ2n) is 8.46. The van der Waals surface area contributed by atoms with Crippen LogP contribution in [0.3, 0.4) is 0 Å². The average molecular weight is 426 g/mol. The maximum atomic E-state index is 13.3. The molecule has 0 bridgehead atoms. The van der Waals surface area contributed by atoms with Crippen LogP contribution in [0.25, 0.3) is 0 Å². The molecule has 30 heavy (non-hydrogen) atoms. The van der Waals surface area contributed by atoms with E-state index < -0.39 is 0 Å². The zero-order valence-electron chi connectivity index (χ0n) is 17.1. The molecule has 3 aliphatic rings. The van der Waals surface area contributed by atoms with Crippen LogP contribution in [0.2, 0.25) is 0 Å². The van der Waals surface area contributed by atoms with Gasteiger partial charge in [-0.3, -0.25) is 14.6 Å². The number of likely N-dealkylation sites (tertiary alicyclic amines) is 1. The van der Waals surface area contributed by atoms with Crippen LogP contribution >= 0.6 is 11.3 Å². The van der Waals surface area contributed by atoms with E-state index in [0.717, 1.165) is 56.7 Å². The monoisotopic (exact) mass is 425 g/mol. The Hall–Kier alpha value is -2.09. The molecule has 1 atom stereocenters. The summed E-state index contributed by atoms with van der Waals surface area (Å²) in [5, 5.41) is 3.41. The van der Waals surface area contributed by atoms with E-state index in [1.165, 1.54) is 10.4 Å². The summed E-state index contributed by atoms with van der Waals surface area (Å²) < 4.78 is 6.26. The van der Waals surface area contributed by atoms with Gasteiger partial charge in [0.1, 0.15) is 5.69 Å². The first-order chi connectivity index (χ1) is 14.7. The highest BCUT2D eigenvalue weighted by atomic mass is 32.1. The van der Waals surface area contributed by atoms with Crippen molar-refractivity contribution in [2.45, 2.75) is 37.7 Å². The smallest absolute Gasteiger partial charge is 0.263 e. The number of rotatable bonds is 3. The summed E-state index contributed by atoms with van der Waals surface area (Å²) in [6.07, 6.45) is 6.09. The van der Waals surface area contributed by atoms with Crippen molar-refractivity contribution in [2.75, 3.05) is 32.8 Å². The Morgan fingerprint density at radius 1 is 1.27 bits per heavy atom. The maximum absolute atomic E-state index is 13.3. The SMILES string of the molecule is O=C(c1ccccn1)C1CCCN(C(=O)c2cc3c(s2)CCOC32CCNCC2)C1. The number of aromatic nitrogens is 1. The van der Waals surface area contributed by atoms with Gasteiger partial charge in [0.25, 0.3) is 5.91 Å². The van der Waals surface area contributed by atoms with Gasteiger partial charge in [0.05, 0.1) is 17.1 Å². The van der Waals surface area contributed by atoms with Crippen molar-refractivity contribution < 1.29 is 14.3 Å². The molecule has 3 aliphatic heterocycles. The number of Topliss-reactive ketones (excluding diaryl/α,β-unsaturated/α-hetero) is 1. The summed E-state index contributed by atoms with van der Waals surface area (Å²) in [6.45, 7) is 3.80. The van der Waals surface area contributed by atoms with Crippen LogP contribution < -0.4 is 5.32 Å². The Balaban J connectivity index is 1.34. The molecule has 5 heterocycles. The zero-order chi connectivity index (χ0) is 20.6. The summed E-state index contributed by atoms with van der Waals surface area (Å²) in [5.41, 5.74) is 1.49. The van der Waals surface area contributed by atoms with Crippen molar-refractivity contribution in [1.29, 1.82) is 0 Å². The van der Waals surface area contributed by atoms with Crippen molar-refractivity contribution in [3.8, 4) is 0 Å². The number of nitrogens with one attached hydrogen (secondary N) is 1. The fraction of sp³-hybridized carbons (Fsp3) is 0.522. The van der Waals surface area contributed by atoms with Gasteiger partial charge in [0.15, 0.2) is 5.78 Å². The Labute approximate surface area is 180 Å². The lowest BCUT2D eigenvalue weighted by atomic mass is 9.83. The summed E-state index contributed by atoms with van der Waals surface area (Å²) in [6, 6.07) is 7.48. The highest BCUT2D eigenvalue weighted by molar-refractivity contribution is 7.14. The largest absolute Gasteiger partial charge is 0.370 e. The van der Waals surface area contributed by atoms with Crippen molar-refractivity contribution >= 4 is 23.0 Å². The number of amides is 1. The van der Waals surface area contributed by atoms with E-state index in [9.17, 15) is 9.59 Å². The lowest BCUT2D eigenvalue weighted by Crippen LogP contribution is -2.44. The number of fused-ring (bicyclic) bond motifs is 2. The van der Waals surface area contributed by atoms with Crippen molar-refractivity contribution in [1.82, 2.24) is 15.2 Å². The Morgan fingerprint density at radius 3 is 2.93 bits per heavy atom. The molecule has 2 aromatic heterocycles. The van der Waals surface area contributed by atoms with E-state index in [0.29, 0.717) is 18.8 Å². The van der Waals surface area contributed by atoms with Gasteiger partial charge in [0.2, 0.25) is 0 Å². The number of carbonyl (C=O) groups excluding carboxylic acids is 2. The van der Waals surface area contributed by atoms with Crippen LogP contribution in [-0.2, 0) is 16.8 Å². The minimum atomic E-state index is -0.229. The van der Waals surface area contributed by atoms with Gasteiger partial charge in [-0.1, -0.05) is 6.07 Å². The summed E-state index contributed by atoms with van der Waals surface area (Å²) in [4.78, 5) is 34.3. The Morgan fingerprint density at radius 2 is 2.13 bits per heavy atom. The van der Waals surface area contributed by atoms with Gasteiger partial charge in [-0.2, -0.15) is 0 Å². The molecule has 1 spiro atoms. The summed E-state index contributed by atoms with van der Waals surface area (Å²) in [5.74, 6) is -0.0797. The van der Waals surface area contributed by atoms with Crippen molar-refractivity contribution in [3.05, 3.63) is 51.5 Å². The highest BCUT2D eigenvalue weighted by Crippen LogP contribution is 2.43. The lowest BCUT2D eigenvalue weighted by Gasteiger charge is -2.40. The Bertz CT molecular complexity index is 936. The molecule has 158 valence electrons. The second-order valence-corrected chi connectivity index (χ2v) is 9.60. The fourth-order valence-electron chi connectivity index (χ4n) is 5.02. The third-order valence-corrected chi connectivity index (χ3v) is 7.81. The molecule has 0 aromatic carbocycles. The highest BCUT2D eigenvalue weighted by Gasteiger charge is 2.41. The molecule has 2 saturated heterocycles. The topological polar surface area (TPSA) is 71.5 Å². The molecule has 0 radical (unpaired) electrons. The minimum Gasteiger partial charge on any atom is -0.370 e. The van der Waals surface area contributed by atoms with Gasteiger partial charge in [-0.25, -0.2) is 0 Å². The number of thiophene rings is 1. The average Bonchev–Trinajstić information content (AvgIpc) is 3.25. The van der Waals surface area contributed by atoms with Gasteiger partial charge in [-0.15, -0.1) is 11.3 Å². The molecule has 5 rings (SSSR count). The van der Waals surface area contributed by atoms with Crippen molar-refractivity contribution in [3.63, 3.8) is 0 Å². The molecular formula is C23H27N3O3S. The maximum Gasteiger partial charge on any atom is 0.263 e. The number of pyridine rings is 1. The first-order valence-electron chi connectivity index (χ1n) is 10.9. The normalized spacial score (nSPS) is 23.2.